The van der Waals surface area contributed by atoms with Crippen molar-refractivity contribution in [2.24, 2.45) is 5.73 Å². The summed E-state index contributed by atoms with van der Waals surface area (Å²) in [4.78, 5) is 38.8. The number of aryl methyl sites for hydroxylation is 2. The lowest BCUT2D eigenvalue weighted by molar-refractivity contribution is -0.124. The third-order valence-electron chi connectivity index (χ3n) is 6.71. The summed E-state index contributed by atoms with van der Waals surface area (Å²) in [5, 5.41) is 16.9. The van der Waals surface area contributed by atoms with Gasteiger partial charge < -0.3 is 11.1 Å². The highest BCUT2D eigenvalue weighted by Crippen LogP contribution is 2.40. The molecule has 0 aliphatic carbocycles. The Morgan fingerprint density at radius 1 is 0.897 bits per heavy atom. The van der Waals surface area contributed by atoms with Gasteiger partial charge >= 0.3 is 0 Å². The first-order chi connectivity index (χ1) is 19.0. The van der Waals surface area contributed by atoms with E-state index in [0.717, 1.165) is 22.0 Å². The summed E-state index contributed by atoms with van der Waals surface area (Å²) in [7, 11) is 0. The third-order valence-corrected chi connectivity index (χ3v) is 6.71. The minimum absolute atomic E-state index is 0.265. The van der Waals surface area contributed by atoms with Crippen LogP contribution in [0.25, 0.3) is 16.5 Å². The monoisotopic (exact) mass is 517 g/mol. The van der Waals surface area contributed by atoms with Gasteiger partial charge in [0.1, 0.15) is 6.42 Å². The molecule has 39 heavy (non-hydrogen) atoms. The van der Waals surface area contributed by atoms with Gasteiger partial charge in [0, 0.05) is 23.1 Å². The topological polar surface area (TPSA) is 136 Å². The molecule has 0 radical (unpaired) electrons. The molecule has 6 rings (SSSR count). The first-order valence-electron chi connectivity index (χ1n) is 12.4. The lowest BCUT2D eigenvalue weighted by Gasteiger charge is -2.23. The molecule has 10 nitrogen and oxygen atoms in total. The van der Waals surface area contributed by atoms with E-state index < -0.39 is 5.91 Å². The fraction of sp³-hybridized carbons (Fsp3) is 0.103. The fourth-order valence-corrected chi connectivity index (χ4v) is 4.84. The number of aromatic nitrogens is 4. The van der Waals surface area contributed by atoms with E-state index in [4.69, 9.17) is 5.73 Å². The van der Waals surface area contributed by atoms with Crippen molar-refractivity contribution in [2.75, 3.05) is 10.2 Å². The summed E-state index contributed by atoms with van der Waals surface area (Å²) in [6.07, 6.45) is 0.891. The molecule has 3 amide bonds. The minimum atomic E-state index is -0.472. The number of carbonyl (C=O) groups is 3. The molecule has 0 saturated carbocycles. The zero-order valence-corrected chi connectivity index (χ0v) is 20.7. The molecular formula is C29H23N7O3. The van der Waals surface area contributed by atoms with Crippen molar-refractivity contribution in [1.82, 2.24) is 20.2 Å². The van der Waals surface area contributed by atoms with Crippen molar-refractivity contribution in [3.05, 3.63) is 102 Å². The molecule has 192 valence electrons. The summed E-state index contributed by atoms with van der Waals surface area (Å²) in [5.41, 5.74) is 9.36. The van der Waals surface area contributed by atoms with E-state index in [0.29, 0.717) is 41.3 Å². The van der Waals surface area contributed by atoms with Crippen LogP contribution in [0, 0.1) is 0 Å². The van der Waals surface area contributed by atoms with Gasteiger partial charge in [-0.15, -0.1) is 5.10 Å². The van der Waals surface area contributed by atoms with E-state index >= 15 is 0 Å². The number of tetrazole rings is 1. The fourth-order valence-electron chi connectivity index (χ4n) is 4.84. The number of fused-ring (bicyclic) bond motifs is 3. The average Bonchev–Trinajstić information content (AvgIpc) is 3.37. The summed E-state index contributed by atoms with van der Waals surface area (Å²) in [5.74, 6) is -0.502. The first kappa shape index (κ1) is 24.0. The molecule has 3 N–H and O–H groups in total. The summed E-state index contributed by atoms with van der Waals surface area (Å²) < 4.78 is 1.64. The summed E-state index contributed by atoms with van der Waals surface area (Å²) in [6.45, 7) is 0. The highest BCUT2D eigenvalue weighted by Gasteiger charge is 2.28. The number of amides is 3. The third kappa shape index (κ3) is 4.59. The molecule has 10 heteroatoms. The van der Waals surface area contributed by atoms with E-state index in [2.05, 4.69) is 20.8 Å². The van der Waals surface area contributed by atoms with Crippen molar-refractivity contribution >= 4 is 45.6 Å². The molecule has 0 saturated heterocycles. The minimum Gasteiger partial charge on any atom is -0.366 e. The number of nitrogens with zero attached hydrogens (tertiary/aromatic N) is 5. The molecule has 0 atom stereocenters. The number of anilines is 3. The van der Waals surface area contributed by atoms with Crippen LogP contribution < -0.4 is 16.0 Å². The maximum absolute atomic E-state index is 13.2. The average molecular weight is 518 g/mol. The Labute approximate surface area is 223 Å². The molecule has 2 heterocycles. The van der Waals surface area contributed by atoms with Crippen molar-refractivity contribution in [1.29, 1.82) is 0 Å². The van der Waals surface area contributed by atoms with Crippen molar-refractivity contribution in [2.45, 2.75) is 19.3 Å². The van der Waals surface area contributed by atoms with Gasteiger partial charge in [-0.25, -0.2) is 0 Å². The summed E-state index contributed by atoms with van der Waals surface area (Å²) >= 11 is 0. The highest BCUT2D eigenvalue weighted by atomic mass is 16.2. The number of rotatable bonds is 6. The van der Waals surface area contributed by atoms with E-state index in [1.165, 1.54) is 0 Å². The largest absolute Gasteiger partial charge is 0.366 e. The lowest BCUT2D eigenvalue weighted by atomic mass is 10.1. The quantitative estimate of drug-likeness (QED) is 0.330. The van der Waals surface area contributed by atoms with Crippen LogP contribution >= 0.6 is 0 Å². The second kappa shape index (κ2) is 9.82. The van der Waals surface area contributed by atoms with Crippen LogP contribution in [0.2, 0.25) is 0 Å². The maximum Gasteiger partial charge on any atom is 0.248 e. The molecule has 0 spiro atoms. The number of primary amides is 1. The Kier molecular flexibility index (Phi) is 6.04. The molecule has 0 fully saturated rings. The SMILES string of the molecule is NC(=O)c1cccc(CCc2nnnn2-c2ccc(N3C(=O)CC(=O)Nc4c3ccc3ccccc43)cc2)c1. The standard InChI is InChI=1S/C29H23N7O3/c30-29(39)20-6-3-4-18(16-20)8-15-25-32-33-34-36(25)22-12-10-21(11-13-22)35-24-14-9-19-5-1-2-7-23(19)28(24)31-26(37)17-27(35)38/h1-7,9-14,16H,8,15,17H2,(H2,30,39)(H,31,37). The predicted molar refractivity (Wildman–Crippen MR) is 146 cm³/mol. The number of hydrogen-bond acceptors (Lipinski definition) is 6. The van der Waals surface area contributed by atoms with Gasteiger partial charge in [-0.1, -0.05) is 42.5 Å². The Bertz CT molecular complexity index is 1740. The smallest absolute Gasteiger partial charge is 0.248 e. The van der Waals surface area contributed by atoms with E-state index in [9.17, 15) is 14.4 Å². The Morgan fingerprint density at radius 2 is 1.69 bits per heavy atom. The van der Waals surface area contributed by atoms with Gasteiger partial charge in [0.2, 0.25) is 17.7 Å². The zero-order valence-electron chi connectivity index (χ0n) is 20.7. The van der Waals surface area contributed by atoms with Gasteiger partial charge in [0.05, 0.1) is 17.1 Å². The number of hydrogen-bond donors (Lipinski definition) is 2. The molecule has 0 unspecified atom stereocenters. The van der Waals surface area contributed by atoms with Crippen LogP contribution in [-0.2, 0) is 22.4 Å². The lowest BCUT2D eigenvalue weighted by Crippen LogP contribution is -2.26. The molecule has 5 aromatic rings. The van der Waals surface area contributed by atoms with E-state index in [-0.39, 0.29) is 18.2 Å². The van der Waals surface area contributed by atoms with Crippen molar-refractivity contribution in [3.63, 3.8) is 0 Å². The van der Waals surface area contributed by atoms with Crippen LogP contribution in [-0.4, -0.2) is 37.9 Å². The van der Waals surface area contributed by atoms with Crippen LogP contribution in [0.15, 0.2) is 84.9 Å². The van der Waals surface area contributed by atoms with Gasteiger partial charge in [-0.3, -0.25) is 19.3 Å². The number of benzene rings is 4. The molecule has 0 bridgehead atoms. The first-order valence-corrected chi connectivity index (χ1v) is 12.4. The molecule has 1 aromatic heterocycles. The van der Waals surface area contributed by atoms with E-state index in [1.54, 1.807) is 27.8 Å². The van der Waals surface area contributed by atoms with Gasteiger partial charge in [-0.2, -0.15) is 4.68 Å². The Morgan fingerprint density at radius 3 is 2.51 bits per heavy atom. The Hall–Kier alpha value is -5.38. The van der Waals surface area contributed by atoms with Gasteiger partial charge in [0.15, 0.2) is 5.82 Å². The second-order valence-corrected chi connectivity index (χ2v) is 9.22. The molecular weight excluding hydrogens is 494 g/mol. The number of carbonyl (C=O) groups excluding carboxylic acids is 3. The second-order valence-electron chi connectivity index (χ2n) is 9.22. The Balaban J connectivity index is 1.29. The van der Waals surface area contributed by atoms with Crippen molar-refractivity contribution < 1.29 is 14.4 Å². The zero-order chi connectivity index (χ0) is 26.9. The normalized spacial score (nSPS) is 13.2. The highest BCUT2D eigenvalue weighted by molar-refractivity contribution is 6.21. The number of nitrogens with one attached hydrogen (secondary N) is 1. The maximum atomic E-state index is 13.2. The molecule has 4 aromatic carbocycles. The predicted octanol–water partition coefficient (Wildman–Crippen LogP) is 3.71. The van der Waals surface area contributed by atoms with Crippen LogP contribution in [0.3, 0.4) is 0 Å². The van der Waals surface area contributed by atoms with Crippen LogP contribution in [0.4, 0.5) is 17.1 Å². The molecule has 1 aliphatic heterocycles. The van der Waals surface area contributed by atoms with Crippen LogP contribution in [0.1, 0.15) is 28.2 Å². The number of nitrogens with two attached hydrogens (primary N) is 1. The van der Waals surface area contributed by atoms with Crippen LogP contribution in [0.5, 0.6) is 0 Å². The molecule has 1 aliphatic rings. The summed E-state index contributed by atoms with van der Waals surface area (Å²) in [6, 6.07) is 26.0. The van der Waals surface area contributed by atoms with E-state index in [1.807, 2.05) is 66.7 Å². The van der Waals surface area contributed by atoms with Gasteiger partial charge in [-0.05, 0) is 70.3 Å². The van der Waals surface area contributed by atoms with Gasteiger partial charge in [0.25, 0.3) is 0 Å². The van der Waals surface area contributed by atoms with Crippen molar-refractivity contribution in [3.8, 4) is 5.69 Å².